The zero-order chi connectivity index (χ0) is 43.4. The minimum absolute atomic E-state index is 0.0485. The van der Waals surface area contributed by atoms with Gasteiger partial charge in [0.25, 0.3) is 0 Å². The van der Waals surface area contributed by atoms with Gasteiger partial charge in [0.15, 0.2) is 11.6 Å². The predicted octanol–water partition coefficient (Wildman–Crippen LogP) is 10.8. The average molecular weight is 797 g/mol. The third kappa shape index (κ3) is 10.6. The van der Waals surface area contributed by atoms with Crippen LogP contribution in [-0.2, 0) is 27.8 Å². The number of nitrogens with one attached hydrogen (secondary N) is 2. The molecule has 2 fully saturated rings. The number of piperidine rings is 2. The van der Waals surface area contributed by atoms with Gasteiger partial charge in [0.05, 0.1) is 0 Å². The number of hydrogen-bond acceptors (Lipinski definition) is 6. The molecule has 0 aliphatic carbocycles. The summed E-state index contributed by atoms with van der Waals surface area (Å²) in [5.74, 6) is -2.26. The Labute approximate surface area is 348 Å². The molecule has 58 heavy (non-hydrogen) atoms. The van der Waals surface area contributed by atoms with E-state index in [4.69, 9.17) is 0 Å². The number of carbonyl (C=O) groups is 4. The van der Waals surface area contributed by atoms with E-state index in [1.54, 1.807) is 0 Å². The van der Waals surface area contributed by atoms with Crippen LogP contribution in [0.15, 0.2) is 49.6 Å². The molecule has 2 aliphatic rings. The van der Waals surface area contributed by atoms with Gasteiger partial charge in [-0.3, -0.25) is 19.2 Å². The minimum Gasteiger partial charge on any atom is -0.481 e. The van der Waals surface area contributed by atoms with E-state index in [1.807, 2.05) is 24.3 Å². The van der Waals surface area contributed by atoms with Crippen LogP contribution >= 0.6 is 0 Å². The van der Waals surface area contributed by atoms with Gasteiger partial charge in [-0.15, -0.1) is 0 Å². The quantitative estimate of drug-likeness (QED) is 0.0627. The number of carboxylic acid groups (broad SMARTS) is 2. The van der Waals surface area contributed by atoms with Gasteiger partial charge in [0, 0.05) is 39.7 Å². The fourth-order valence-electron chi connectivity index (χ4n) is 11.2. The van der Waals surface area contributed by atoms with Crippen LogP contribution in [0.2, 0.25) is 0 Å². The van der Waals surface area contributed by atoms with Gasteiger partial charge in [0.1, 0.15) is 5.41 Å². The van der Waals surface area contributed by atoms with E-state index in [1.165, 1.54) is 12.2 Å². The summed E-state index contributed by atoms with van der Waals surface area (Å²) in [5.41, 5.74) is 3.51. The van der Waals surface area contributed by atoms with Gasteiger partial charge < -0.3 is 20.8 Å². The van der Waals surface area contributed by atoms with Crippen molar-refractivity contribution in [3.63, 3.8) is 0 Å². The molecule has 0 saturated carbocycles. The van der Waals surface area contributed by atoms with Crippen LogP contribution in [0, 0.1) is 0 Å². The number of unbranched alkanes of at least 4 members (excludes halogenated alkanes) is 4. The van der Waals surface area contributed by atoms with E-state index in [9.17, 15) is 29.4 Å². The van der Waals surface area contributed by atoms with Crippen molar-refractivity contribution in [1.29, 1.82) is 0 Å². The van der Waals surface area contributed by atoms with Crippen molar-refractivity contribution in [2.24, 2.45) is 0 Å². The number of hydrogen-bond donors (Lipinski definition) is 4. The van der Waals surface area contributed by atoms with Gasteiger partial charge in [-0.2, -0.15) is 0 Å². The second kappa shape index (κ2) is 18.2. The molecule has 2 aromatic rings. The molecule has 0 radical (unpaired) electrons. The number of allylic oxidation sites excluding steroid dienone is 2. The minimum atomic E-state index is -1.62. The molecule has 8 nitrogen and oxygen atoms in total. The summed E-state index contributed by atoms with van der Waals surface area (Å²) in [6.07, 6.45) is 10.6. The standard InChI is InChI=1S/C50H72N2O6/c1-13-36-38(34-28-46(5,6)51-47(7,8)29-34)24-32(42(53)15-3)26-40(36)50(45(57)58,23-21-19-17-18-20-22-44(55)56)41-27-33(43(54)16-4)25-39(37(41)14-2)35-30-48(9,10)52-49(11,12)31-35/h15-16,24-27,34-35,51-52H,3-4,13-14,17-23,28-31H2,1-2,5-12H3,(H,55,56)(H,57,58). The molecule has 0 aromatic heterocycles. The number of aliphatic carboxylic acids is 2. The highest BCUT2D eigenvalue weighted by Crippen LogP contribution is 2.50. The predicted molar refractivity (Wildman–Crippen MR) is 236 cm³/mol. The van der Waals surface area contributed by atoms with Crippen LogP contribution in [0.5, 0.6) is 0 Å². The second-order valence-corrected chi connectivity index (χ2v) is 19.9. The molecular formula is C50H72N2O6. The highest BCUT2D eigenvalue weighted by atomic mass is 16.4. The largest absolute Gasteiger partial charge is 0.481 e. The summed E-state index contributed by atoms with van der Waals surface area (Å²) in [5, 5.41) is 28.9. The maximum absolute atomic E-state index is 14.8. The first-order chi connectivity index (χ1) is 26.9. The maximum atomic E-state index is 14.8. The molecule has 4 rings (SSSR count). The van der Waals surface area contributed by atoms with Gasteiger partial charge in [-0.05, 0) is 188 Å². The summed E-state index contributed by atoms with van der Waals surface area (Å²) >= 11 is 0. The summed E-state index contributed by atoms with van der Waals surface area (Å²) in [6.45, 7) is 29.4. The number of rotatable bonds is 19. The Bertz CT molecular complexity index is 1750. The Balaban J connectivity index is 2.15. The molecule has 318 valence electrons. The zero-order valence-corrected chi connectivity index (χ0v) is 37.3. The van der Waals surface area contributed by atoms with Crippen molar-refractivity contribution in [2.45, 2.75) is 192 Å². The third-order valence-corrected chi connectivity index (χ3v) is 12.7. The van der Waals surface area contributed by atoms with Gasteiger partial charge in [-0.25, -0.2) is 0 Å². The van der Waals surface area contributed by atoms with Crippen molar-refractivity contribution in [1.82, 2.24) is 10.6 Å². The normalized spacial score (nSPS) is 19.0. The molecule has 0 bridgehead atoms. The molecule has 0 amide bonds. The van der Waals surface area contributed by atoms with Crippen molar-refractivity contribution >= 4 is 23.5 Å². The SMILES string of the molecule is C=CC(=O)c1cc(C2CC(C)(C)NC(C)(C)C2)c(CC)c(C(CCCCCCCC(=O)O)(C(=O)O)c2cc(C(=O)C=C)cc(C3CC(C)(C)NC(C)(C)C3)c2CC)c1. The van der Waals surface area contributed by atoms with E-state index >= 15 is 0 Å². The van der Waals surface area contributed by atoms with E-state index < -0.39 is 17.4 Å². The average Bonchev–Trinajstić information content (AvgIpc) is 3.11. The number of ketones is 2. The lowest BCUT2D eigenvalue weighted by Gasteiger charge is -2.48. The van der Waals surface area contributed by atoms with Crippen LogP contribution in [0.25, 0.3) is 0 Å². The Morgan fingerprint density at radius 3 is 1.33 bits per heavy atom. The van der Waals surface area contributed by atoms with Crippen molar-refractivity contribution in [2.75, 3.05) is 0 Å². The summed E-state index contributed by atoms with van der Waals surface area (Å²) < 4.78 is 0. The van der Waals surface area contributed by atoms with E-state index in [0.29, 0.717) is 54.4 Å². The third-order valence-electron chi connectivity index (χ3n) is 12.7. The molecule has 2 aliphatic heterocycles. The zero-order valence-electron chi connectivity index (χ0n) is 37.3. The van der Waals surface area contributed by atoms with Gasteiger partial charge in [0.2, 0.25) is 0 Å². The first-order valence-electron chi connectivity index (χ1n) is 21.7. The molecule has 2 heterocycles. The van der Waals surface area contributed by atoms with E-state index in [2.05, 4.69) is 93.0 Å². The van der Waals surface area contributed by atoms with E-state index in [0.717, 1.165) is 60.8 Å². The maximum Gasteiger partial charge on any atom is 0.318 e. The number of carboxylic acids is 2. The first kappa shape index (κ1) is 46.8. The number of carbonyl (C=O) groups excluding carboxylic acids is 2. The number of benzene rings is 2. The second-order valence-electron chi connectivity index (χ2n) is 19.9. The summed E-state index contributed by atoms with van der Waals surface area (Å²) in [6, 6.07) is 7.63. The molecule has 0 atom stereocenters. The van der Waals surface area contributed by atoms with Crippen LogP contribution in [-0.4, -0.2) is 55.9 Å². The van der Waals surface area contributed by atoms with Crippen LogP contribution in [0.3, 0.4) is 0 Å². The first-order valence-corrected chi connectivity index (χ1v) is 21.7. The van der Waals surface area contributed by atoms with Crippen molar-refractivity contribution in [3.8, 4) is 0 Å². The van der Waals surface area contributed by atoms with Crippen molar-refractivity contribution < 1.29 is 29.4 Å². The molecule has 0 spiro atoms. The fraction of sp³-hybridized carbons (Fsp3) is 0.600. The fourth-order valence-corrected chi connectivity index (χ4v) is 11.2. The van der Waals surface area contributed by atoms with Crippen molar-refractivity contribution in [3.05, 3.63) is 94.1 Å². The Kier molecular flexibility index (Phi) is 14.7. The molecular weight excluding hydrogens is 725 g/mol. The molecule has 4 N–H and O–H groups in total. The van der Waals surface area contributed by atoms with Crippen LogP contribution in [0.4, 0.5) is 0 Å². The highest BCUT2D eigenvalue weighted by Gasteiger charge is 2.48. The Hall–Kier alpha value is -3.88. The Morgan fingerprint density at radius 2 is 1.00 bits per heavy atom. The van der Waals surface area contributed by atoms with E-state index in [-0.39, 0.29) is 58.4 Å². The molecule has 0 unspecified atom stereocenters. The molecule has 2 saturated heterocycles. The lowest BCUT2D eigenvalue weighted by Crippen LogP contribution is -2.57. The lowest BCUT2D eigenvalue weighted by atomic mass is 9.63. The van der Waals surface area contributed by atoms with Crippen LogP contribution < -0.4 is 10.6 Å². The smallest absolute Gasteiger partial charge is 0.318 e. The topological polar surface area (TPSA) is 133 Å². The summed E-state index contributed by atoms with van der Waals surface area (Å²) in [7, 11) is 0. The lowest BCUT2D eigenvalue weighted by molar-refractivity contribution is -0.142. The summed E-state index contributed by atoms with van der Waals surface area (Å²) in [4.78, 5) is 53.6. The highest BCUT2D eigenvalue weighted by molar-refractivity contribution is 6.06. The van der Waals surface area contributed by atoms with Crippen LogP contribution in [0.1, 0.15) is 206 Å². The van der Waals surface area contributed by atoms with Gasteiger partial charge >= 0.3 is 11.9 Å². The monoisotopic (exact) mass is 797 g/mol. The molecule has 2 aromatic carbocycles. The molecule has 8 heteroatoms. The Morgan fingerprint density at radius 1 is 0.638 bits per heavy atom. The van der Waals surface area contributed by atoms with Gasteiger partial charge in [-0.1, -0.05) is 52.7 Å².